The van der Waals surface area contributed by atoms with Gasteiger partial charge in [-0.15, -0.1) is 0 Å². The summed E-state index contributed by atoms with van der Waals surface area (Å²) in [6.07, 6.45) is 1.03. The molecule has 3 aromatic rings. The van der Waals surface area contributed by atoms with E-state index in [1.807, 2.05) is 49.4 Å². The second-order valence-electron chi connectivity index (χ2n) is 6.76. The van der Waals surface area contributed by atoms with Gasteiger partial charge in [-0.3, -0.25) is 10.2 Å². The summed E-state index contributed by atoms with van der Waals surface area (Å²) in [6.45, 7) is 1.91. The molecule has 0 aromatic heterocycles. The Morgan fingerprint density at radius 1 is 0.871 bits per heavy atom. The van der Waals surface area contributed by atoms with Crippen molar-refractivity contribution in [2.45, 2.75) is 6.92 Å². The van der Waals surface area contributed by atoms with Crippen LogP contribution in [0.4, 0.5) is 0 Å². The molecule has 31 heavy (non-hydrogen) atoms. The van der Waals surface area contributed by atoms with Crippen molar-refractivity contribution >= 4 is 17.5 Å². The molecule has 0 heterocycles. The van der Waals surface area contributed by atoms with Crippen LogP contribution in [0.5, 0.6) is 5.75 Å². The number of aliphatic carboxylic acids is 1. The van der Waals surface area contributed by atoms with E-state index in [-0.39, 0.29) is 5.70 Å². The number of hydrazone groups is 1. The highest BCUT2D eigenvalue weighted by Crippen LogP contribution is 2.16. The number of methoxy groups -OCH3 is 1. The molecular formula is C25H22N2O4. The first-order valence-corrected chi connectivity index (χ1v) is 9.57. The third kappa shape index (κ3) is 5.67. The average molecular weight is 414 g/mol. The monoisotopic (exact) mass is 414 g/mol. The second-order valence-corrected chi connectivity index (χ2v) is 6.76. The Labute approximate surface area is 180 Å². The fourth-order valence-electron chi connectivity index (χ4n) is 2.83. The van der Waals surface area contributed by atoms with Crippen LogP contribution in [-0.4, -0.2) is 29.7 Å². The van der Waals surface area contributed by atoms with E-state index >= 15 is 0 Å². The number of benzene rings is 3. The minimum absolute atomic E-state index is 0.326. The summed E-state index contributed by atoms with van der Waals surface area (Å²) in [5.41, 5.74) is 5.70. The van der Waals surface area contributed by atoms with Gasteiger partial charge in [0.1, 0.15) is 11.4 Å². The lowest BCUT2D eigenvalue weighted by Gasteiger charge is -2.10. The van der Waals surface area contributed by atoms with Gasteiger partial charge in [-0.25, -0.2) is 4.79 Å². The standard InChI is InChI=1S/C25H22N2O4/c1-17-8-10-18(11-9-17)23(28)16-22(25(29)30)26-27-24(19-6-4-3-5-7-19)20-12-14-21(31-2)15-13-20/h3-16,26H,1-2H3,(H,29,30). The molecule has 3 rings (SSSR count). The van der Waals surface area contributed by atoms with E-state index in [9.17, 15) is 14.7 Å². The first kappa shape index (κ1) is 21.5. The predicted octanol–water partition coefficient (Wildman–Crippen LogP) is 4.20. The number of hydrogen-bond donors (Lipinski definition) is 2. The summed E-state index contributed by atoms with van der Waals surface area (Å²) in [5.74, 6) is -1.02. The Bertz CT molecular complexity index is 1120. The van der Waals surface area contributed by atoms with Crippen LogP contribution in [-0.2, 0) is 4.79 Å². The van der Waals surface area contributed by atoms with Gasteiger partial charge >= 0.3 is 5.97 Å². The van der Waals surface area contributed by atoms with Crippen molar-refractivity contribution in [2.24, 2.45) is 5.10 Å². The van der Waals surface area contributed by atoms with Gasteiger partial charge in [0.05, 0.1) is 12.8 Å². The highest BCUT2D eigenvalue weighted by Gasteiger charge is 2.13. The summed E-state index contributed by atoms with van der Waals surface area (Å²) in [7, 11) is 1.58. The van der Waals surface area contributed by atoms with Crippen LogP contribution in [0.15, 0.2) is 95.7 Å². The Balaban J connectivity index is 1.94. The van der Waals surface area contributed by atoms with Crippen LogP contribution in [0.3, 0.4) is 0 Å². The van der Waals surface area contributed by atoms with Gasteiger partial charge in [-0.1, -0.05) is 60.2 Å². The summed E-state index contributed by atoms with van der Waals surface area (Å²) < 4.78 is 5.20. The number of carboxylic acids is 1. The number of aryl methyl sites for hydroxylation is 1. The van der Waals surface area contributed by atoms with Crippen molar-refractivity contribution in [1.82, 2.24) is 5.43 Å². The van der Waals surface area contributed by atoms with E-state index in [1.54, 1.807) is 43.5 Å². The van der Waals surface area contributed by atoms with E-state index < -0.39 is 11.8 Å². The second kappa shape index (κ2) is 10.0. The van der Waals surface area contributed by atoms with Crippen LogP contribution in [0.1, 0.15) is 27.0 Å². The maximum absolute atomic E-state index is 12.5. The third-order valence-electron chi connectivity index (χ3n) is 4.54. The largest absolute Gasteiger partial charge is 0.497 e. The van der Waals surface area contributed by atoms with Gasteiger partial charge in [0, 0.05) is 22.8 Å². The van der Waals surface area contributed by atoms with Crippen molar-refractivity contribution in [1.29, 1.82) is 0 Å². The first-order chi connectivity index (χ1) is 15.0. The molecule has 0 atom stereocenters. The molecule has 0 spiro atoms. The third-order valence-corrected chi connectivity index (χ3v) is 4.54. The van der Waals surface area contributed by atoms with E-state index in [0.29, 0.717) is 17.0 Å². The number of allylic oxidation sites excluding steroid dienone is 1. The molecule has 0 unspecified atom stereocenters. The smallest absolute Gasteiger partial charge is 0.353 e. The lowest BCUT2D eigenvalue weighted by Crippen LogP contribution is -2.19. The van der Waals surface area contributed by atoms with Gasteiger partial charge < -0.3 is 9.84 Å². The molecule has 3 aromatic carbocycles. The van der Waals surface area contributed by atoms with Crippen LogP contribution in [0.2, 0.25) is 0 Å². The average Bonchev–Trinajstić information content (AvgIpc) is 2.79. The highest BCUT2D eigenvalue weighted by molar-refractivity contribution is 6.13. The normalized spacial score (nSPS) is 11.7. The SMILES string of the molecule is COc1ccc(C(=NNC(=CC(=O)c2ccc(C)cc2)C(=O)O)c2ccccc2)cc1. The predicted molar refractivity (Wildman–Crippen MR) is 119 cm³/mol. The highest BCUT2D eigenvalue weighted by atomic mass is 16.5. The zero-order chi connectivity index (χ0) is 22.2. The number of carbonyl (C=O) groups is 2. The molecule has 6 heteroatoms. The van der Waals surface area contributed by atoms with Gasteiger partial charge in [-0.2, -0.15) is 5.10 Å². The van der Waals surface area contributed by atoms with Crippen molar-refractivity contribution < 1.29 is 19.4 Å². The number of carboxylic acid groups (broad SMARTS) is 1. The molecule has 0 saturated carbocycles. The maximum Gasteiger partial charge on any atom is 0.353 e. The summed E-state index contributed by atoms with van der Waals surface area (Å²) in [6, 6.07) is 23.5. The maximum atomic E-state index is 12.5. The Morgan fingerprint density at radius 3 is 2.03 bits per heavy atom. The van der Waals surface area contributed by atoms with Crippen molar-refractivity contribution in [3.63, 3.8) is 0 Å². The number of rotatable bonds is 8. The number of nitrogens with zero attached hydrogens (tertiary/aromatic N) is 1. The van der Waals surface area contributed by atoms with Crippen LogP contribution < -0.4 is 10.2 Å². The molecule has 6 nitrogen and oxygen atoms in total. The van der Waals surface area contributed by atoms with Crippen LogP contribution >= 0.6 is 0 Å². The van der Waals surface area contributed by atoms with Crippen molar-refractivity contribution in [2.75, 3.05) is 7.11 Å². The summed E-state index contributed by atoms with van der Waals surface area (Å²) in [4.78, 5) is 24.2. The molecule has 0 aliphatic heterocycles. The molecule has 0 aliphatic carbocycles. The topological polar surface area (TPSA) is 88.0 Å². The Kier molecular flexibility index (Phi) is 6.96. The summed E-state index contributed by atoms with van der Waals surface area (Å²) in [5, 5.41) is 13.9. The zero-order valence-electron chi connectivity index (χ0n) is 17.2. The zero-order valence-corrected chi connectivity index (χ0v) is 17.2. The molecule has 156 valence electrons. The van der Waals surface area contributed by atoms with E-state index in [4.69, 9.17) is 4.74 Å². The Morgan fingerprint density at radius 2 is 1.45 bits per heavy atom. The van der Waals surface area contributed by atoms with Gasteiger partial charge in [0.2, 0.25) is 0 Å². The van der Waals surface area contributed by atoms with E-state index in [2.05, 4.69) is 10.5 Å². The van der Waals surface area contributed by atoms with Gasteiger partial charge in [-0.05, 0) is 31.2 Å². The molecule has 0 radical (unpaired) electrons. The fraction of sp³-hybridized carbons (Fsp3) is 0.0800. The number of nitrogens with one attached hydrogen (secondary N) is 1. The van der Waals surface area contributed by atoms with Crippen molar-refractivity contribution in [3.05, 3.63) is 113 Å². The number of hydrogen-bond acceptors (Lipinski definition) is 5. The van der Waals surface area contributed by atoms with Gasteiger partial charge in [0.25, 0.3) is 0 Å². The molecule has 0 saturated heterocycles. The molecule has 0 aliphatic rings. The van der Waals surface area contributed by atoms with Gasteiger partial charge in [0.15, 0.2) is 5.78 Å². The number of carbonyl (C=O) groups excluding carboxylic acids is 1. The fourth-order valence-corrected chi connectivity index (χ4v) is 2.83. The molecule has 0 fully saturated rings. The first-order valence-electron chi connectivity index (χ1n) is 9.57. The molecule has 2 N–H and O–H groups in total. The number of ketones is 1. The quantitative estimate of drug-likeness (QED) is 0.250. The minimum atomic E-state index is -1.29. The lowest BCUT2D eigenvalue weighted by atomic mass is 10.0. The van der Waals surface area contributed by atoms with Crippen LogP contribution in [0.25, 0.3) is 0 Å². The number of ether oxygens (including phenoxy) is 1. The summed E-state index contributed by atoms with van der Waals surface area (Å²) >= 11 is 0. The molecule has 0 amide bonds. The minimum Gasteiger partial charge on any atom is -0.497 e. The van der Waals surface area contributed by atoms with E-state index in [0.717, 1.165) is 22.8 Å². The lowest BCUT2D eigenvalue weighted by molar-refractivity contribution is -0.133. The van der Waals surface area contributed by atoms with Crippen LogP contribution in [0, 0.1) is 6.92 Å². The molecular weight excluding hydrogens is 392 g/mol. The Hall–Kier alpha value is -4.19. The van der Waals surface area contributed by atoms with E-state index in [1.165, 1.54) is 0 Å². The molecule has 0 bridgehead atoms. The van der Waals surface area contributed by atoms with Crippen molar-refractivity contribution in [3.8, 4) is 5.75 Å².